The molecule has 1 heterocycles. The van der Waals surface area contributed by atoms with Crippen LogP contribution in [-0.2, 0) is 4.74 Å². The lowest BCUT2D eigenvalue weighted by Crippen LogP contribution is -2.37. The minimum absolute atomic E-state index is 0.213. The van der Waals surface area contributed by atoms with Crippen molar-refractivity contribution in [1.82, 2.24) is 10.2 Å². The fourth-order valence-corrected chi connectivity index (χ4v) is 2.60. The molecule has 1 aliphatic rings. The number of ether oxygens (including phenoxy) is 1. The number of methoxy groups -OCH3 is 1. The van der Waals surface area contributed by atoms with E-state index in [0.29, 0.717) is 12.8 Å². The molecule has 1 atom stereocenters. The number of nitrogens with zero attached hydrogens (tertiary/aromatic N) is 1. The molecule has 0 spiro atoms. The van der Waals surface area contributed by atoms with E-state index in [9.17, 15) is 4.39 Å². The molecule has 3 nitrogen and oxygen atoms in total. The van der Waals surface area contributed by atoms with Crippen LogP contribution in [0.2, 0.25) is 0 Å². The summed E-state index contributed by atoms with van der Waals surface area (Å²) in [5, 5.41) is 3.38. The first kappa shape index (κ1) is 19.8. The molecule has 122 valence electrons. The Balaban J connectivity index is 0.00000172. The highest BCUT2D eigenvalue weighted by atomic mass is 19.1. The van der Waals surface area contributed by atoms with Crippen molar-refractivity contribution in [2.75, 3.05) is 46.9 Å². The Morgan fingerprint density at radius 1 is 1.30 bits per heavy atom. The maximum Gasteiger partial charge on any atom is 0.135 e. The minimum atomic E-state index is -1.16. The SMILES string of the molecule is CC.CCC(F)(CCN(C)CC1CCNCC1)COC. The smallest absolute Gasteiger partial charge is 0.135 e. The number of hydrogen-bond donors (Lipinski definition) is 1. The summed E-state index contributed by atoms with van der Waals surface area (Å²) in [7, 11) is 3.67. The number of alkyl halides is 1. The van der Waals surface area contributed by atoms with Crippen molar-refractivity contribution in [2.45, 2.75) is 52.1 Å². The second kappa shape index (κ2) is 11.5. The molecule has 0 aromatic heterocycles. The quantitative estimate of drug-likeness (QED) is 0.743. The van der Waals surface area contributed by atoms with E-state index in [1.807, 2.05) is 20.8 Å². The predicted octanol–water partition coefficient (Wildman–Crippen LogP) is 3.10. The molecule has 0 radical (unpaired) electrons. The zero-order valence-corrected chi connectivity index (χ0v) is 14.2. The van der Waals surface area contributed by atoms with E-state index in [1.165, 1.54) is 12.8 Å². The van der Waals surface area contributed by atoms with Gasteiger partial charge in [-0.25, -0.2) is 4.39 Å². The first-order valence-corrected chi connectivity index (χ1v) is 8.17. The van der Waals surface area contributed by atoms with Gasteiger partial charge in [-0.05, 0) is 51.7 Å². The highest BCUT2D eigenvalue weighted by Gasteiger charge is 2.27. The minimum Gasteiger partial charge on any atom is -0.381 e. The van der Waals surface area contributed by atoms with E-state index in [-0.39, 0.29) is 6.61 Å². The standard InChI is InChI=1S/C14H29FN2O.C2H6/c1-4-14(15,12-18-3)7-10-17(2)11-13-5-8-16-9-6-13;1-2/h13,16H,4-12H2,1-3H3;1-2H3. The van der Waals surface area contributed by atoms with Crippen molar-refractivity contribution in [3.8, 4) is 0 Å². The lowest BCUT2D eigenvalue weighted by molar-refractivity contribution is 0.0241. The molecule has 0 amide bonds. The van der Waals surface area contributed by atoms with Gasteiger partial charge in [0, 0.05) is 20.2 Å². The van der Waals surface area contributed by atoms with Gasteiger partial charge in [-0.1, -0.05) is 20.8 Å². The molecule has 0 aromatic carbocycles. The molecule has 1 unspecified atom stereocenters. The fourth-order valence-electron chi connectivity index (χ4n) is 2.60. The van der Waals surface area contributed by atoms with E-state index in [4.69, 9.17) is 4.74 Å². The van der Waals surface area contributed by atoms with Gasteiger partial charge in [0.2, 0.25) is 0 Å². The Kier molecular flexibility index (Phi) is 11.4. The second-order valence-electron chi connectivity index (χ2n) is 5.64. The average Bonchev–Trinajstić information content (AvgIpc) is 2.49. The Hall–Kier alpha value is -0.190. The average molecular weight is 290 g/mol. The number of rotatable bonds is 8. The molecule has 0 aliphatic carbocycles. The lowest BCUT2D eigenvalue weighted by atomic mass is 9.96. The van der Waals surface area contributed by atoms with Gasteiger partial charge < -0.3 is 15.0 Å². The van der Waals surface area contributed by atoms with Crippen molar-refractivity contribution in [3.05, 3.63) is 0 Å². The summed E-state index contributed by atoms with van der Waals surface area (Å²) in [4.78, 5) is 2.27. The first-order chi connectivity index (χ1) is 9.59. The molecule has 1 fully saturated rings. The van der Waals surface area contributed by atoms with Crippen LogP contribution in [0.3, 0.4) is 0 Å². The molecule has 4 heteroatoms. The van der Waals surface area contributed by atoms with Crippen LogP contribution in [0.1, 0.15) is 46.5 Å². The third kappa shape index (κ3) is 8.18. The molecule has 0 bridgehead atoms. The summed E-state index contributed by atoms with van der Waals surface area (Å²) in [6.45, 7) is 10.3. The van der Waals surface area contributed by atoms with Crippen LogP contribution in [-0.4, -0.2) is 57.5 Å². The predicted molar refractivity (Wildman–Crippen MR) is 85.1 cm³/mol. The van der Waals surface area contributed by atoms with Crippen molar-refractivity contribution in [2.24, 2.45) is 5.92 Å². The van der Waals surface area contributed by atoms with Gasteiger partial charge >= 0.3 is 0 Å². The first-order valence-electron chi connectivity index (χ1n) is 8.17. The maximum absolute atomic E-state index is 14.3. The Bertz CT molecular complexity index is 223. The van der Waals surface area contributed by atoms with Crippen molar-refractivity contribution < 1.29 is 9.13 Å². The number of nitrogens with one attached hydrogen (secondary N) is 1. The van der Waals surface area contributed by atoms with Crippen LogP contribution < -0.4 is 5.32 Å². The van der Waals surface area contributed by atoms with Crippen LogP contribution in [0.15, 0.2) is 0 Å². The summed E-state index contributed by atoms with van der Waals surface area (Å²) < 4.78 is 19.3. The van der Waals surface area contributed by atoms with Crippen LogP contribution in [0.25, 0.3) is 0 Å². The van der Waals surface area contributed by atoms with Crippen LogP contribution in [0.5, 0.6) is 0 Å². The van der Waals surface area contributed by atoms with E-state index in [2.05, 4.69) is 17.3 Å². The largest absolute Gasteiger partial charge is 0.381 e. The van der Waals surface area contributed by atoms with Gasteiger partial charge in [0.1, 0.15) is 5.67 Å². The molecule has 20 heavy (non-hydrogen) atoms. The van der Waals surface area contributed by atoms with Crippen LogP contribution >= 0.6 is 0 Å². The molecule has 1 aliphatic heterocycles. The van der Waals surface area contributed by atoms with E-state index in [1.54, 1.807) is 7.11 Å². The second-order valence-corrected chi connectivity index (χ2v) is 5.64. The highest BCUT2D eigenvalue weighted by Crippen LogP contribution is 2.22. The number of halogens is 1. The Labute approximate surface area is 125 Å². The third-order valence-corrected chi connectivity index (χ3v) is 4.01. The van der Waals surface area contributed by atoms with E-state index in [0.717, 1.165) is 32.1 Å². The molecular weight excluding hydrogens is 255 g/mol. The van der Waals surface area contributed by atoms with Gasteiger partial charge in [-0.15, -0.1) is 0 Å². The van der Waals surface area contributed by atoms with Crippen LogP contribution in [0, 0.1) is 5.92 Å². The number of hydrogen-bond acceptors (Lipinski definition) is 3. The van der Waals surface area contributed by atoms with Gasteiger partial charge in [-0.2, -0.15) is 0 Å². The summed E-state index contributed by atoms with van der Waals surface area (Å²) >= 11 is 0. The summed E-state index contributed by atoms with van der Waals surface area (Å²) in [6, 6.07) is 0. The zero-order valence-electron chi connectivity index (χ0n) is 14.2. The van der Waals surface area contributed by atoms with Crippen molar-refractivity contribution >= 4 is 0 Å². The molecule has 1 rings (SSSR count). The molecule has 0 saturated carbocycles. The van der Waals surface area contributed by atoms with Crippen molar-refractivity contribution in [1.29, 1.82) is 0 Å². The van der Waals surface area contributed by atoms with Gasteiger partial charge in [0.15, 0.2) is 0 Å². The van der Waals surface area contributed by atoms with Gasteiger partial charge in [-0.3, -0.25) is 0 Å². The molecular formula is C16H35FN2O. The highest BCUT2D eigenvalue weighted by molar-refractivity contribution is 4.79. The van der Waals surface area contributed by atoms with E-state index >= 15 is 0 Å². The summed E-state index contributed by atoms with van der Waals surface area (Å²) in [6.07, 6.45) is 3.59. The molecule has 0 aromatic rings. The normalized spacial score (nSPS) is 19.4. The fraction of sp³-hybridized carbons (Fsp3) is 1.00. The van der Waals surface area contributed by atoms with Crippen molar-refractivity contribution in [3.63, 3.8) is 0 Å². The Morgan fingerprint density at radius 3 is 2.40 bits per heavy atom. The van der Waals surface area contributed by atoms with Gasteiger partial charge in [0.25, 0.3) is 0 Å². The zero-order chi connectivity index (χ0) is 15.4. The Morgan fingerprint density at radius 2 is 1.90 bits per heavy atom. The van der Waals surface area contributed by atoms with E-state index < -0.39 is 5.67 Å². The number of piperidine rings is 1. The van der Waals surface area contributed by atoms with Crippen LogP contribution in [0.4, 0.5) is 4.39 Å². The van der Waals surface area contributed by atoms with Gasteiger partial charge in [0.05, 0.1) is 6.61 Å². The summed E-state index contributed by atoms with van der Waals surface area (Å²) in [5.41, 5.74) is -1.16. The topological polar surface area (TPSA) is 24.5 Å². The summed E-state index contributed by atoms with van der Waals surface area (Å²) in [5.74, 6) is 0.773. The maximum atomic E-state index is 14.3. The molecule has 1 N–H and O–H groups in total. The third-order valence-electron chi connectivity index (χ3n) is 4.01. The lowest BCUT2D eigenvalue weighted by Gasteiger charge is -2.30. The monoisotopic (exact) mass is 290 g/mol. The molecule has 1 saturated heterocycles.